The monoisotopic (exact) mass is 474 g/mol. The molecule has 2 heterocycles. The Kier molecular flexibility index (Phi) is 9.07. The fraction of sp³-hybridized carbons (Fsp3) is 0.517. The smallest absolute Gasteiger partial charge is 0.145 e. The summed E-state index contributed by atoms with van der Waals surface area (Å²) in [6.07, 6.45) is 2.27. The topological polar surface area (TPSA) is 47.5 Å². The summed E-state index contributed by atoms with van der Waals surface area (Å²) in [5, 5.41) is 4.70. The lowest BCUT2D eigenvalue weighted by Crippen LogP contribution is -2.52. The molecule has 1 unspecified atom stereocenters. The van der Waals surface area contributed by atoms with Crippen LogP contribution in [0, 0.1) is 5.92 Å². The summed E-state index contributed by atoms with van der Waals surface area (Å²) in [4.78, 5) is 17.4. The Bertz CT molecular complexity index is 1050. The average Bonchev–Trinajstić information content (AvgIpc) is 2.83. The van der Waals surface area contributed by atoms with Crippen LogP contribution >= 0.6 is 0 Å². The van der Waals surface area contributed by atoms with Gasteiger partial charge in [0.05, 0.1) is 12.1 Å². The lowest BCUT2D eigenvalue weighted by Gasteiger charge is -2.42. The zero-order valence-electron chi connectivity index (χ0n) is 22.0. The summed E-state index contributed by atoms with van der Waals surface area (Å²) in [6.45, 7) is 11.7. The number of fused-ring (bicyclic) bond motifs is 1. The number of nitrogens with zero attached hydrogens (tertiary/aromatic N) is 5. The van der Waals surface area contributed by atoms with Gasteiger partial charge in [0.2, 0.25) is 0 Å². The van der Waals surface area contributed by atoms with Gasteiger partial charge < -0.3 is 10.2 Å². The molecule has 0 saturated carbocycles. The first-order valence-electron chi connectivity index (χ1n) is 13.1. The first-order chi connectivity index (χ1) is 17.0. The molecule has 2 aromatic carbocycles. The van der Waals surface area contributed by atoms with E-state index in [0.717, 1.165) is 74.8 Å². The van der Waals surface area contributed by atoms with E-state index in [1.165, 1.54) is 12.0 Å². The van der Waals surface area contributed by atoms with Gasteiger partial charge in [0.15, 0.2) is 0 Å². The third kappa shape index (κ3) is 7.47. The fourth-order valence-electron chi connectivity index (χ4n) is 5.03. The molecule has 1 saturated heterocycles. The van der Waals surface area contributed by atoms with Gasteiger partial charge in [-0.15, -0.1) is 0 Å². The second kappa shape index (κ2) is 12.4. The number of hydrogen-bond acceptors (Lipinski definition) is 6. The van der Waals surface area contributed by atoms with E-state index in [4.69, 9.17) is 9.97 Å². The van der Waals surface area contributed by atoms with E-state index in [2.05, 4.69) is 103 Å². The molecule has 0 radical (unpaired) electrons. The molecule has 0 bridgehead atoms. The number of hydrogen-bond donors (Lipinski definition) is 1. The van der Waals surface area contributed by atoms with E-state index in [9.17, 15) is 0 Å². The summed E-state index contributed by atoms with van der Waals surface area (Å²) in [5.74, 6) is 2.54. The first-order valence-corrected chi connectivity index (χ1v) is 13.1. The van der Waals surface area contributed by atoms with Gasteiger partial charge in [0, 0.05) is 44.2 Å². The van der Waals surface area contributed by atoms with Gasteiger partial charge >= 0.3 is 0 Å². The van der Waals surface area contributed by atoms with Gasteiger partial charge in [0.25, 0.3) is 0 Å². The molecular weight excluding hydrogens is 432 g/mol. The van der Waals surface area contributed by atoms with Gasteiger partial charge in [-0.05, 0) is 57.1 Å². The van der Waals surface area contributed by atoms with Crippen LogP contribution in [0.1, 0.15) is 38.1 Å². The van der Waals surface area contributed by atoms with E-state index in [1.807, 2.05) is 0 Å². The Balaban J connectivity index is 1.48. The van der Waals surface area contributed by atoms with Crippen molar-refractivity contribution in [2.45, 2.75) is 45.8 Å². The summed E-state index contributed by atoms with van der Waals surface area (Å²) < 4.78 is 0. The highest BCUT2D eigenvalue weighted by Gasteiger charge is 2.28. The van der Waals surface area contributed by atoms with E-state index in [1.54, 1.807) is 0 Å². The number of piperazine rings is 1. The van der Waals surface area contributed by atoms with Crippen LogP contribution in [0.3, 0.4) is 0 Å². The zero-order chi connectivity index (χ0) is 24.6. The minimum atomic E-state index is 0.513. The Hall–Kier alpha value is -2.54. The van der Waals surface area contributed by atoms with Crippen molar-refractivity contribution < 1.29 is 0 Å². The number of benzene rings is 2. The van der Waals surface area contributed by atoms with Crippen LogP contribution < -0.4 is 5.32 Å². The molecule has 1 aliphatic heterocycles. The number of para-hydroxylation sites is 1. The maximum Gasteiger partial charge on any atom is 0.145 e. The van der Waals surface area contributed by atoms with E-state index in [-0.39, 0.29) is 0 Å². The van der Waals surface area contributed by atoms with Crippen LogP contribution in [0.5, 0.6) is 0 Å². The maximum absolute atomic E-state index is 5.02. The molecule has 3 aromatic rings. The molecule has 188 valence electrons. The molecule has 4 rings (SSSR count). The van der Waals surface area contributed by atoms with Crippen molar-refractivity contribution in [1.82, 2.24) is 24.7 Å². The van der Waals surface area contributed by atoms with Gasteiger partial charge in [-0.1, -0.05) is 56.3 Å². The number of rotatable bonds is 11. The molecule has 1 fully saturated rings. The van der Waals surface area contributed by atoms with Crippen LogP contribution in [0.2, 0.25) is 0 Å². The summed E-state index contributed by atoms with van der Waals surface area (Å²) in [5.41, 5.74) is 2.42. The van der Waals surface area contributed by atoms with Crippen LogP contribution in [0.15, 0.2) is 54.6 Å². The largest absolute Gasteiger partial charge is 0.369 e. The summed E-state index contributed by atoms with van der Waals surface area (Å²) >= 11 is 0. The van der Waals surface area contributed by atoms with Crippen molar-refractivity contribution in [1.29, 1.82) is 0 Å². The van der Waals surface area contributed by atoms with Gasteiger partial charge in [-0.25, -0.2) is 9.97 Å². The Morgan fingerprint density at radius 1 is 0.971 bits per heavy atom. The van der Waals surface area contributed by atoms with Crippen molar-refractivity contribution >= 4 is 16.7 Å². The zero-order valence-corrected chi connectivity index (χ0v) is 22.0. The highest BCUT2D eigenvalue weighted by atomic mass is 15.3. The molecule has 0 aliphatic carbocycles. The summed E-state index contributed by atoms with van der Waals surface area (Å²) in [7, 11) is 4.23. The molecule has 6 nitrogen and oxygen atoms in total. The molecule has 0 spiro atoms. The number of nitrogens with one attached hydrogen (secondary N) is 1. The fourth-order valence-corrected chi connectivity index (χ4v) is 5.03. The van der Waals surface area contributed by atoms with Gasteiger partial charge in [-0.2, -0.15) is 0 Å². The van der Waals surface area contributed by atoms with Crippen LogP contribution in [0.25, 0.3) is 10.9 Å². The molecule has 1 aromatic heterocycles. The molecule has 1 atom stereocenters. The van der Waals surface area contributed by atoms with Gasteiger partial charge in [0.1, 0.15) is 11.6 Å². The standard InChI is InChI=1S/C29H42N6/c1-23(2)19-25-21-34(20-24-11-6-5-7-12-24)17-18-35(25)22-28-31-27-14-9-8-13-26(27)29(32-28)30-15-10-16-33(3)4/h5-9,11-14,23,25H,10,15-22H2,1-4H3,(H,30,31,32). The highest BCUT2D eigenvalue weighted by Crippen LogP contribution is 2.24. The van der Waals surface area contributed by atoms with Crippen LogP contribution in [-0.2, 0) is 13.1 Å². The van der Waals surface area contributed by atoms with Crippen molar-refractivity contribution in [2.75, 3.05) is 52.1 Å². The van der Waals surface area contributed by atoms with Crippen molar-refractivity contribution in [3.05, 3.63) is 66.0 Å². The van der Waals surface area contributed by atoms with Gasteiger partial charge in [-0.3, -0.25) is 9.80 Å². The van der Waals surface area contributed by atoms with Crippen molar-refractivity contribution in [2.24, 2.45) is 5.92 Å². The minimum Gasteiger partial charge on any atom is -0.369 e. The second-order valence-corrected chi connectivity index (χ2v) is 10.6. The Morgan fingerprint density at radius 2 is 1.74 bits per heavy atom. The van der Waals surface area contributed by atoms with Crippen molar-refractivity contribution in [3.63, 3.8) is 0 Å². The molecule has 0 amide bonds. The lowest BCUT2D eigenvalue weighted by atomic mass is 9.99. The maximum atomic E-state index is 5.02. The lowest BCUT2D eigenvalue weighted by molar-refractivity contribution is 0.0514. The minimum absolute atomic E-state index is 0.513. The Morgan fingerprint density at radius 3 is 2.51 bits per heavy atom. The number of anilines is 1. The molecule has 1 N–H and O–H groups in total. The molecular formula is C29H42N6. The van der Waals surface area contributed by atoms with Crippen LogP contribution in [-0.4, -0.2) is 77.5 Å². The van der Waals surface area contributed by atoms with E-state index < -0.39 is 0 Å². The van der Waals surface area contributed by atoms with Crippen LogP contribution in [0.4, 0.5) is 5.82 Å². The quantitative estimate of drug-likeness (QED) is 0.406. The van der Waals surface area contributed by atoms with E-state index >= 15 is 0 Å². The predicted molar refractivity (Wildman–Crippen MR) is 147 cm³/mol. The SMILES string of the molecule is CC(C)CC1CN(Cc2ccccc2)CCN1Cc1nc(NCCCN(C)C)c2ccccc2n1. The summed E-state index contributed by atoms with van der Waals surface area (Å²) in [6, 6.07) is 19.7. The highest BCUT2D eigenvalue weighted by molar-refractivity contribution is 5.88. The molecule has 1 aliphatic rings. The molecule has 6 heteroatoms. The third-order valence-corrected chi connectivity index (χ3v) is 6.75. The Labute approximate surface area is 211 Å². The third-order valence-electron chi connectivity index (χ3n) is 6.75. The number of aromatic nitrogens is 2. The first kappa shape index (κ1) is 25.5. The van der Waals surface area contributed by atoms with Crippen molar-refractivity contribution in [3.8, 4) is 0 Å². The molecule has 35 heavy (non-hydrogen) atoms. The van der Waals surface area contributed by atoms with E-state index in [0.29, 0.717) is 12.0 Å². The average molecular weight is 475 g/mol. The second-order valence-electron chi connectivity index (χ2n) is 10.6. The predicted octanol–water partition coefficient (Wildman–Crippen LogP) is 4.73. The normalized spacial score (nSPS) is 17.5.